The standard InChI is InChI=1S/C23H24ClNO5/c1-25-9-8-14(17(27)12-25)21-19(28-2)11-20(29-3)22-16(26)10-18(30-23(21)22)13-6-4-5-7-15(13)24/h4-7,10-11,14,17,27H,8-9,12H2,1-3H3/i8D2,9D2,12D2,14D,17D. The van der Waals surface area contributed by atoms with Crippen LogP contribution < -0.4 is 14.9 Å². The van der Waals surface area contributed by atoms with Crippen LogP contribution >= 0.6 is 11.6 Å². The molecular weight excluding hydrogens is 406 g/mol. The number of benzene rings is 2. The molecule has 0 bridgehead atoms. The third-order valence-electron chi connectivity index (χ3n) is 4.62. The Labute approximate surface area is 190 Å². The Morgan fingerprint density at radius 3 is 2.70 bits per heavy atom. The highest BCUT2D eigenvalue weighted by molar-refractivity contribution is 6.33. The van der Waals surface area contributed by atoms with Gasteiger partial charge in [-0.1, -0.05) is 23.7 Å². The van der Waals surface area contributed by atoms with Crippen LogP contribution in [0, 0.1) is 0 Å². The number of fused-ring (bicyclic) bond motifs is 1. The topological polar surface area (TPSA) is 72.1 Å². The van der Waals surface area contributed by atoms with Crippen LogP contribution in [0.1, 0.15) is 28.8 Å². The molecule has 1 saturated heterocycles. The molecule has 1 aromatic heterocycles. The zero-order chi connectivity index (χ0) is 28.6. The van der Waals surface area contributed by atoms with E-state index in [2.05, 4.69) is 0 Å². The molecule has 0 saturated carbocycles. The van der Waals surface area contributed by atoms with Crippen LogP contribution in [-0.4, -0.2) is 50.3 Å². The van der Waals surface area contributed by atoms with Crippen molar-refractivity contribution in [2.75, 3.05) is 34.3 Å². The van der Waals surface area contributed by atoms with E-state index >= 15 is 0 Å². The van der Waals surface area contributed by atoms with Crippen LogP contribution in [0.2, 0.25) is 5.02 Å². The number of likely N-dealkylation sites (N-methyl/N-ethyl adjacent to an activating group) is 1. The molecule has 30 heavy (non-hydrogen) atoms. The molecule has 1 fully saturated rings. The van der Waals surface area contributed by atoms with Crippen molar-refractivity contribution in [1.29, 1.82) is 0 Å². The van der Waals surface area contributed by atoms with E-state index in [1.54, 1.807) is 12.1 Å². The maximum Gasteiger partial charge on any atom is 0.197 e. The molecule has 0 radical (unpaired) electrons. The van der Waals surface area contributed by atoms with Gasteiger partial charge in [0.2, 0.25) is 0 Å². The summed E-state index contributed by atoms with van der Waals surface area (Å²) in [4.78, 5) is 13.6. The fourth-order valence-corrected chi connectivity index (χ4v) is 3.48. The number of methoxy groups -OCH3 is 2. The molecule has 0 amide bonds. The molecule has 1 aliphatic rings. The fourth-order valence-electron chi connectivity index (χ4n) is 3.25. The molecule has 1 aliphatic heterocycles. The van der Waals surface area contributed by atoms with Crippen molar-refractivity contribution >= 4 is 22.6 Å². The number of piperidine rings is 1. The van der Waals surface area contributed by atoms with Crippen LogP contribution in [0.25, 0.3) is 22.3 Å². The van der Waals surface area contributed by atoms with Gasteiger partial charge in [0.25, 0.3) is 0 Å². The number of hydrogen-bond donors (Lipinski definition) is 1. The largest absolute Gasteiger partial charge is 0.496 e. The molecule has 4 rings (SSSR count). The Morgan fingerprint density at radius 1 is 1.27 bits per heavy atom. The zero-order valence-corrected chi connectivity index (χ0v) is 17.1. The van der Waals surface area contributed by atoms with Gasteiger partial charge in [-0.25, -0.2) is 0 Å². The minimum atomic E-state index is -3.68. The first-order valence-corrected chi connectivity index (χ1v) is 9.25. The summed E-state index contributed by atoms with van der Waals surface area (Å²) in [5.74, 6) is -4.13. The number of halogens is 1. The van der Waals surface area contributed by atoms with Crippen molar-refractivity contribution in [3.8, 4) is 22.8 Å². The number of aliphatic hydroxyl groups is 1. The van der Waals surface area contributed by atoms with E-state index in [9.17, 15) is 11.3 Å². The normalized spacial score (nSPS) is 33.6. The van der Waals surface area contributed by atoms with E-state index in [-0.39, 0.29) is 32.4 Å². The van der Waals surface area contributed by atoms with Crippen LogP contribution in [-0.2, 0) is 0 Å². The summed E-state index contributed by atoms with van der Waals surface area (Å²) < 4.78 is 85.7. The number of ether oxygens (including phenoxy) is 2. The molecule has 0 aliphatic carbocycles. The second-order valence-corrected chi connectivity index (χ2v) is 6.85. The Hall–Kier alpha value is -2.54. The van der Waals surface area contributed by atoms with E-state index in [4.69, 9.17) is 35.1 Å². The lowest BCUT2D eigenvalue weighted by Gasteiger charge is -2.34. The van der Waals surface area contributed by atoms with Gasteiger partial charge in [0, 0.05) is 45.2 Å². The maximum atomic E-state index is 13.4. The highest BCUT2D eigenvalue weighted by Crippen LogP contribution is 2.43. The predicted molar refractivity (Wildman–Crippen MR) is 117 cm³/mol. The Kier molecular flexibility index (Phi) is 3.60. The van der Waals surface area contributed by atoms with Crippen molar-refractivity contribution in [1.82, 2.24) is 4.90 Å². The first kappa shape index (κ1) is 13.0. The molecule has 0 spiro atoms. The van der Waals surface area contributed by atoms with Gasteiger partial charge in [-0.3, -0.25) is 4.79 Å². The van der Waals surface area contributed by atoms with Gasteiger partial charge >= 0.3 is 0 Å². The van der Waals surface area contributed by atoms with Gasteiger partial charge in [-0.05, 0) is 32.1 Å². The molecule has 2 aromatic carbocycles. The lowest BCUT2D eigenvalue weighted by atomic mass is 9.85. The summed E-state index contributed by atoms with van der Waals surface area (Å²) in [7, 11) is 3.22. The van der Waals surface area contributed by atoms with Gasteiger partial charge in [0.15, 0.2) is 5.43 Å². The smallest absolute Gasteiger partial charge is 0.197 e. The molecule has 2 unspecified atom stereocenters. The summed E-state index contributed by atoms with van der Waals surface area (Å²) >= 11 is 6.29. The van der Waals surface area contributed by atoms with Crippen LogP contribution in [0.5, 0.6) is 11.5 Å². The third kappa shape index (κ3) is 3.55. The first-order chi connectivity index (χ1) is 17.4. The zero-order valence-electron chi connectivity index (χ0n) is 24.4. The molecular formula is C23H24ClNO5. The van der Waals surface area contributed by atoms with Crippen molar-refractivity contribution in [2.45, 2.75) is 18.3 Å². The summed E-state index contributed by atoms with van der Waals surface area (Å²) in [6, 6.07) is 8.52. The number of likely N-dealkylation sites (tertiary alicyclic amines) is 1. The number of hydrogen-bond acceptors (Lipinski definition) is 6. The van der Waals surface area contributed by atoms with Gasteiger partial charge < -0.3 is 23.9 Å². The van der Waals surface area contributed by atoms with E-state index < -0.39 is 53.7 Å². The second-order valence-electron chi connectivity index (χ2n) is 6.45. The predicted octanol–water partition coefficient (Wildman–Crippen LogP) is 3.91. The van der Waals surface area contributed by atoms with E-state index in [0.717, 1.165) is 26.3 Å². The van der Waals surface area contributed by atoms with E-state index in [0.29, 0.717) is 0 Å². The van der Waals surface area contributed by atoms with Gasteiger partial charge in [-0.15, -0.1) is 0 Å². The van der Waals surface area contributed by atoms with Crippen LogP contribution in [0.3, 0.4) is 0 Å². The van der Waals surface area contributed by atoms with Crippen molar-refractivity contribution in [2.24, 2.45) is 0 Å². The van der Waals surface area contributed by atoms with Gasteiger partial charge in [0.1, 0.15) is 28.2 Å². The monoisotopic (exact) mass is 437 g/mol. The van der Waals surface area contributed by atoms with Crippen LogP contribution in [0.15, 0.2) is 45.6 Å². The Bertz CT molecular complexity index is 1460. The Morgan fingerprint density at radius 2 is 2.00 bits per heavy atom. The van der Waals surface area contributed by atoms with Crippen molar-refractivity contribution in [3.63, 3.8) is 0 Å². The molecule has 158 valence electrons. The molecule has 6 nitrogen and oxygen atoms in total. The van der Waals surface area contributed by atoms with E-state index in [1.807, 2.05) is 0 Å². The molecule has 7 heteroatoms. The fraction of sp³-hybridized carbons (Fsp3) is 0.348. The minimum absolute atomic E-state index is 0.114. The summed E-state index contributed by atoms with van der Waals surface area (Å²) in [5, 5.41) is 11.2. The molecule has 1 N–H and O–H groups in total. The lowest BCUT2D eigenvalue weighted by molar-refractivity contribution is 0.0630. The first-order valence-electron chi connectivity index (χ1n) is 12.9. The third-order valence-corrected chi connectivity index (χ3v) is 4.95. The average Bonchev–Trinajstić information content (AvgIpc) is 2.85. The summed E-state index contributed by atoms with van der Waals surface area (Å²) in [6.07, 6.45) is -7.18. The molecule has 3 aromatic rings. The van der Waals surface area contributed by atoms with Crippen molar-refractivity contribution in [3.05, 3.63) is 57.2 Å². The Balaban J connectivity index is 2.28. The molecule has 2 heterocycles. The quantitative estimate of drug-likeness (QED) is 0.667. The average molecular weight is 438 g/mol. The second kappa shape index (κ2) is 8.30. The highest BCUT2D eigenvalue weighted by Gasteiger charge is 2.33. The molecule has 2 atom stereocenters. The SMILES string of the molecule is [2H]C1([2H])N(C)C([2H])([2H])C([2H])(O)C([2H])(c2c(OC)cc(OC)c3c(=O)cc(-c4ccccc4Cl)oc23)C1([2H])[2H]. The summed E-state index contributed by atoms with van der Waals surface area (Å²) in [6.45, 7) is -6.56. The minimum Gasteiger partial charge on any atom is -0.496 e. The lowest BCUT2D eigenvalue weighted by Crippen LogP contribution is -2.40. The van der Waals surface area contributed by atoms with Crippen LogP contribution in [0.4, 0.5) is 0 Å². The maximum absolute atomic E-state index is 13.4. The number of β-amino-alcohol motifs (C(OH)–C–C–N with tert-alkyl or cyclic N) is 1. The highest BCUT2D eigenvalue weighted by atomic mass is 35.5. The number of nitrogens with zero attached hydrogens (tertiary/aromatic N) is 1. The van der Waals surface area contributed by atoms with Gasteiger partial charge in [-0.2, -0.15) is 0 Å². The van der Waals surface area contributed by atoms with Crippen molar-refractivity contribution < 1.29 is 30.0 Å². The van der Waals surface area contributed by atoms with E-state index in [1.165, 1.54) is 19.2 Å². The number of rotatable bonds is 4. The summed E-state index contributed by atoms with van der Waals surface area (Å²) in [5.41, 5.74) is -1.80. The van der Waals surface area contributed by atoms with Gasteiger partial charge in [0.05, 0.1) is 26.7 Å².